The average molecular weight is 400 g/mol. The summed E-state index contributed by atoms with van der Waals surface area (Å²) in [5.74, 6) is -1.36. The van der Waals surface area contributed by atoms with E-state index in [9.17, 15) is 22.4 Å². The summed E-state index contributed by atoms with van der Waals surface area (Å²) in [4.78, 5) is 27.0. The smallest absolute Gasteiger partial charge is 0.269 e. The molecule has 0 unspecified atom stereocenters. The number of hydrogen-bond acceptors (Lipinski definition) is 4. The lowest BCUT2D eigenvalue weighted by Gasteiger charge is -2.29. The summed E-state index contributed by atoms with van der Waals surface area (Å²) in [7, 11) is -3.93. The van der Waals surface area contributed by atoms with Crippen LogP contribution in [0.25, 0.3) is 0 Å². The van der Waals surface area contributed by atoms with Gasteiger partial charge in [0.05, 0.1) is 11.3 Å². The third-order valence-electron chi connectivity index (χ3n) is 5.49. The maximum absolute atomic E-state index is 13.7. The fourth-order valence-corrected chi connectivity index (χ4v) is 5.81. The van der Waals surface area contributed by atoms with Gasteiger partial charge in [-0.15, -0.1) is 0 Å². The van der Waals surface area contributed by atoms with Gasteiger partial charge in [0.15, 0.2) is 0 Å². The van der Waals surface area contributed by atoms with Crippen molar-refractivity contribution in [1.82, 2.24) is 4.31 Å². The predicted molar refractivity (Wildman–Crippen MR) is 99.2 cm³/mol. The van der Waals surface area contributed by atoms with E-state index in [1.165, 1.54) is 35.2 Å². The van der Waals surface area contributed by atoms with E-state index < -0.39 is 27.7 Å². The van der Waals surface area contributed by atoms with Gasteiger partial charge in [-0.3, -0.25) is 9.59 Å². The highest BCUT2D eigenvalue weighted by Gasteiger charge is 2.49. The van der Waals surface area contributed by atoms with Crippen molar-refractivity contribution >= 4 is 27.5 Å². The maximum Gasteiger partial charge on any atom is 0.269 e. The molecular weight excluding hydrogens is 383 g/mol. The van der Waals surface area contributed by atoms with Gasteiger partial charge in [0.1, 0.15) is 10.7 Å². The Morgan fingerprint density at radius 1 is 1.11 bits per heavy atom. The largest absolute Gasteiger partial charge is 0.308 e. The van der Waals surface area contributed by atoms with E-state index >= 15 is 0 Å². The van der Waals surface area contributed by atoms with Gasteiger partial charge in [0.25, 0.3) is 21.8 Å². The Labute approximate surface area is 161 Å². The number of aryl methyl sites for hydroxylation is 1. The first-order valence-electron chi connectivity index (χ1n) is 9.21. The molecule has 2 amide bonds. The van der Waals surface area contributed by atoms with Crippen LogP contribution in [-0.2, 0) is 16.4 Å². The molecular formula is C20H17FN2O4S. The standard InChI is InChI=1S/C20H17FN2O4S/c21-14-5-3-12-2-1-9-22(17(12)11-14)19(24)13-4-8-16-18(10-13)28(26,27)23(20(16)25)15-6-7-15/h3-5,8,10-11,15H,1-2,6-7,9H2. The molecule has 1 saturated carbocycles. The van der Waals surface area contributed by atoms with Gasteiger partial charge in [-0.2, -0.15) is 0 Å². The Bertz CT molecular complexity index is 1140. The number of anilines is 1. The lowest BCUT2D eigenvalue weighted by molar-refractivity contribution is 0.0864. The van der Waals surface area contributed by atoms with E-state index in [0.717, 1.165) is 22.7 Å². The monoisotopic (exact) mass is 400 g/mol. The van der Waals surface area contributed by atoms with Crippen molar-refractivity contribution in [3.05, 3.63) is 58.9 Å². The molecule has 2 aliphatic heterocycles. The topological polar surface area (TPSA) is 74.8 Å². The van der Waals surface area contributed by atoms with Gasteiger partial charge in [-0.25, -0.2) is 17.1 Å². The highest BCUT2D eigenvalue weighted by molar-refractivity contribution is 7.90. The van der Waals surface area contributed by atoms with Crippen molar-refractivity contribution < 1.29 is 22.4 Å². The predicted octanol–water partition coefficient (Wildman–Crippen LogP) is 2.73. The molecule has 0 aromatic heterocycles. The van der Waals surface area contributed by atoms with E-state index in [-0.39, 0.29) is 22.1 Å². The first-order valence-corrected chi connectivity index (χ1v) is 10.6. The van der Waals surface area contributed by atoms with E-state index in [4.69, 9.17) is 0 Å². The maximum atomic E-state index is 13.7. The van der Waals surface area contributed by atoms with Crippen molar-refractivity contribution in [2.75, 3.05) is 11.4 Å². The molecule has 2 aromatic rings. The second-order valence-electron chi connectivity index (χ2n) is 7.38. The quantitative estimate of drug-likeness (QED) is 0.777. The zero-order valence-electron chi connectivity index (χ0n) is 14.9. The van der Waals surface area contributed by atoms with Gasteiger partial charge in [0.2, 0.25) is 0 Å². The van der Waals surface area contributed by atoms with Crippen LogP contribution in [0, 0.1) is 5.82 Å². The Kier molecular flexibility index (Phi) is 3.64. The molecule has 3 aliphatic rings. The molecule has 28 heavy (non-hydrogen) atoms. The van der Waals surface area contributed by atoms with E-state index in [0.29, 0.717) is 25.1 Å². The number of fused-ring (bicyclic) bond motifs is 2. The van der Waals surface area contributed by atoms with Crippen LogP contribution in [0.15, 0.2) is 41.3 Å². The number of carbonyl (C=O) groups excluding carboxylic acids is 2. The number of benzene rings is 2. The summed E-state index contributed by atoms with van der Waals surface area (Å²) in [6.07, 6.45) is 2.83. The van der Waals surface area contributed by atoms with Gasteiger partial charge < -0.3 is 4.90 Å². The van der Waals surface area contributed by atoms with Crippen LogP contribution < -0.4 is 4.90 Å². The molecule has 1 fully saturated rings. The number of nitrogens with zero attached hydrogens (tertiary/aromatic N) is 2. The van der Waals surface area contributed by atoms with Crippen LogP contribution in [0.2, 0.25) is 0 Å². The Morgan fingerprint density at radius 2 is 1.89 bits per heavy atom. The van der Waals surface area contributed by atoms with Gasteiger partial charge in [-0.1, -0.05) is 6.07 Å². The lowest BCUT2D eigenvalue weighted by Crippen LogP contribution is -2.35. The Balaban J connectivity index is 1.55. The third kappa shape index (κ3) is 2.47. The minimum atomic E-state index is -3.93. The first kappa shape index (κ1) is 17.4. The molecule has 144 valence electrons. The molecule has 8 heteroatoms. The molecule has 2 aromatic carbocycles. The van der Waals surface area contributed by atoms with Crippen LogP contribution >= 0.6 is 0 Å². The molecule has 5 rings (SSSR count). The molecule has 0 atom stereocenters. The zero-order chi connectivity index (χ0) is 19.6. The molecule has 0 radical (unpaired) electrons. The summed E-state index contributed by atoms with van der Waals surface area (Å²) in [6, 6.07) is 8.24. The van der Waals surface area contributed by atoms with Crippen molar-refractivity contribution in [1.29, 1.82) is 0 Å². The Hall–Kier alpha value is -2.74. The van der Waals surface area contributed by atoms with Crippen LogP contribution in [-0.4, -0.2) is 37.1 Å². The van der Waals surface area contributed by atoms with Crippen molar-refractivity contribution in [2.24, 2.45) is 0 Å². The summed E-state index contributed by atoms with van der Waals surface area (Å²) >= 11 is 0. The number of halogens is 1. The highest BCUT2D eigenvalue weighted by Crippen LogP contribution is 2.40. The molecule has 1 aliphatic carbocycles. The minimum absolute atomic E-state index is 0.105. The van der Waals surface area contributed by atoms with E-state index in [1.54, 1.807) is 6.07 Å². The molecule has 0 saturated heterocycles. The molecule has 0 N–H and O–H groups in total. The minimum Gasteiger partial charge on any atom is -0.308 e. The van der Waals surface area contributed by atoms with Crippen molar-refractivity contribution in [2.45, 2.75) is 36.6 Å². The highest BCUT2D eigenvalue weighted by atomic mass is 32.2. The van der Waals surface area contributed by atoms with Gasteiger partial charge >= 0.3 is 0 Å². The van der Waals surface area contributed by atoms with Gasteiger partial charge in [0, 0.05) is 18.2 Å². The SMILES string of the molecule is O=C(c1ccc2c(c1)S(=O)(=O)N(C1CC1)C2=O)N1CCCc2ccc(F)cc21. The van der Waals surface area contributed by atoms with Crippen molar-refractivity contribution in [3.63, 3.8) is 0 Å². The summed E-state index contributed by atoms with van der Waals surface area (Å²) < 4.78 is 40.3. The first-order chi connectivity index (χ1) is 13.4. The zero-order valence-corrected chi connectivity index (χ0v) is 15.7. The lowest BCUT2D eigenvalue weighted by atomic mass is 10.0. The fraction of sp³-hybridized carbons (Fsp3) is 0.300. The molecule has 2 heterocycles. The van der Waals surface area contributed by atoms with E-state index in [1.807, 2.05) is 0 Å². The normalized spacial score (nSPS) is 20.1. The summed E-state index contributed by atoms with van der Waals surface area (Å²) in [5, 5.41) is 0. The average Bonchev–Trinajstić information content (AvgIpc) is 3.48. The van der Waals surface area contributed by atoms with Crippen molar-refractivity contribution in [3.8, 4) is 0 Å². The molecule has 0 spiro atoms. The number of sulfonamides is 1. The molecule has 6 nitrogen and oxygen atoms in total. The summed E-state index contributed by atoms with van der Waals surface area (Å²) in [5.41, 5.74) is 1.67. The fourth-order valence-electron chi connectivity index (χ4n) is 3.96. The number of carbonyl (C=O) groups is 2. The van der Waals surface area contributed by atoms with E-state index in [2.05, 4.69) is 0 Å². The second kappa shape index (κ2) is 5.88. The Morgan fingerprint density at radius 3 is 2.64 bits per heavy atom. The van der Waals surface area contributed by atoms with Crippen LogP contribution in [0.3, 0.4) is 0 Å². The number of amides is 2. The third-order valence-corrected chi connectivity index (χ3v) is 7.36. The molecule has 0 bridgehead atoms. The number of hydrogen-bond donors (Lipinski definition) is 0. The van der Waals surface area contributed by atoms with Crippen LogP contribution in [0.4, 0.5) is 10.1 Å². The van der Waals surface area contributed by atoms with Crippen LogP contribution in [0.1, 0.15) is 45.5 Å². The second-order valence-corrected chi connectivity index (χ2v) is 9.16. The van der Waals surface area contributed by atoms with Crippen LogP contribution in [0.5, 0.6) is 0 Å². The number of rotatable bonds is 2. The van der Waals surface area contributed by atoms with Gasteiger partial charge in [-0.05, 0) is 61.6 Å². The summed E-state index contributed by atoms with van der Waals surface area (Å²) in [6.45, 7) is 0.423.